The van der Waals surface area contributed by atoms with Crippen LogP contribution in [0.4, 0.5) is 11.5 Å². The molecule has 130 valence electrons. The Bertz CT molecular complexity index is 890. The van der Waals surface area contributed by atoms with E-state index in [0.717, 1.165) is 43.0 Å². The molecule has 0 aliphatic carbocycles. The quantitative estimate of drug-likeness (QED) is 0.777. The van der Waals surface area contributed by atoms with E-state index in [1.807, 2.05) is 60.7 Å². The van der Waals surface area contributed by atoms with Crippen molar-refractivity contribution in [1.29, 1.82) is 0 Å². The van der Waals surface area contributed by atoms with E-state index in [9.17, 15) is 4.79 Å². The fraction of sp³-hybridized carbons (Fsp3) is 0.190. The Balaban J connectivity index is 1.70. The molecule has 3 aromatic rings. The zero-order chi connectivity index (χ0) is 17.8. The summed E-state index contributed by atoms with van der Waals surface area (Å²) in [6, 6.07) is 21.0. The van der Waals surface area contributed by atoms with Gasteiger partial charge in [-0.05, 0) is 25.0 Å². The molecule has 1 saturated heterocycles. The lowest BCUT2D eigenvalue weighted by Crippen LogP contribution is -2.22. The third-order valence-corrected chi connectivity index (χ3v) is 4.44. The van der Waals surface area contributed by atoms with Crippen LogP contribution >= 0.6 is 0 Å². The number of hydrogen-bond acceptors (Lipinski definition) is 4. The van der Waals surface area contributed by atoms with Crippen LogP contribution in [0.5, 0.6) is 0 Å². The first kappa shape index (κ1) is 16.3. The second-order valence-corrected chi connectivity index (χ2v) is 6.32. The minimum atomic E-state index is -0.226. The van der Waals surface area contributed by atoms with Gasteiger partial charge in [-0.1, -0.05) is 48.5 Å². The number of rotatable bonds is 4. The highest BCUT2D eigenvalue weighted by molar-refractivity contribution is 6.03. The standard InChI is InChI=1S/C21H20N4O/c26-21(22-17-11-5-2-6-12-17)18-15-19(25-13-7-8-14-25)24-20(23-18)16-9-3-1-4-10-16/h1-6,9-12,15H,7-8,13-14H2,(H,22,26). The molecule has 5 nitrogen and oxygen atoms in total. The van der Waals surface area contributed by atoms with Crippen molar-refractivity contribution in [2.75, 3.05) is 23.3 Å². The van der Waals surface area contributed by atoms with Gasteiger partial charge in [0.05, 0.1) is 0 Å². The molecule has 0 radical (unpaired) electrons. The summed E-state index contributed by atoms with van der Waals surface area (Å²) in [5.74, 6) is 1.17. The molecule has 2 heterocycles. The van der Waals surface area contributed by atoms with Gasteiger partial charge in [0.2, 0.25) is 0 Å². The summed E-state index contributed by atoms with van der Waals surface area (Å²) in [6.45, 7) is 1.93. The van der Waals surface area contributed by atoms with Crippen molar-refractivity contribution in [3.63, 3.8) is 0 Å². The molecular weight excluding hydrogens is 324 g/mol. The van der Waals surface area contributed by atoms with E-state index in [0.29, 0.717) is 11.5 Å². The van der Waals surface area contributed by atoms with Gasteiger partial charge >= 0.3 is 0 Å². The van der Waals surface area contributed by atoms with Gasteiger partial charge in [0.1, 0.15) is 11.5 Å². The molecule has 0 bridgehead atoms. The number of carbonyl (C=O) groups is 1. The van der Waals surface area contributed by atoms with Crippen LogP contribution in [0.1, 0.15) is 23.3 Å². The largest absolute Gasteiger partial charge is 0.356 e. The van der Waals surface area contributed by atoms with Crippen LogP contribution in [0.25, 0.3) is 11.4 Å². The maximum Gasteiger partial charge on any atom is 0.274 e. The van der Waals surface area contributed by atoms with Crippen molar-refractivity contribution in [2.24, 2.45) is 0 Å². The van der Waals surface area contributed by atoms with Crippen LogP contribution in [0.15, 0.2) is 66.7 Å². The molecular formula is C21H20N4O. The van der Waals surface area contributed by atoms with E-state index in [2.05, 4.69) is 15.2 Å². The highest BCUT2D eigenvalue weighted by Gasteiger charge is 2.19. The first-order valence-electron chi connectivity index (χ1n) is 8.85. The van der Waals surface area contributed by atoms with Gasteiger partial charge in [0.15, 0.2) is 5.82 Å². The summed E-state index contributed by atoms with van der Waals surface area (Å²) in [5.41, 5.74) is 2.03. The molecule has 1 fully saturated rings. The van der Waals surface area contributed by atoms with E-state index in [4.69, 9.17) is 4.98 Å². The summed E-state index contributed by atoms with van der Waals surface area (Å²) >= 11 is 0. The summed E-state index contributed by atoms with van der Waals surface area (Å²) in [7, 11) is 0. The lowest BCUT2D eigenvalue weighted by molar-refractivity contribution is 0.102. The fourth-order valence-electron chi connectivity index (χ4n) is 3.09. The van der Waals surface area contributed by atoms with E-state index in [-0.39, 0.29) is 5.91 Å². The molecule has 4 rings (SSSR count). The predicted molar refractivity (Wildman–Crippen MR) is 103 cm³/mol. The lowest BCUT2D eigenvalue weighted by Gasteiger charge is -2.18. The molecule has 1 aromatic heterocycles. The molecule has 5 heteroatoms. The van der Waals surface area contributed by atoms with Gasteiger partial charge in [-0.15, -0.1) is 0 Å². The van der Waals surface area contributed by atoms with Crippen LogP contribution in [0.2, 0.25) is 0 Å². The summed E-state index contributed by atoms with van der Waals surface area (Å²) < 4.78 is 0. The normalized spacial score (nSPS) is 13.6. The van der Waals surface area contributed by atoms with Crippen LogP contribution in [-0.2, 0) is 0 Å². The summed E-state index contributed by atoms with van der Waals surface area (Å²) in [4.78, 5) is 24.2. The summed E-state index contributed by atoms with van der Waals surface area (Å²) in [5, 5.41) is 2.91. The Morgan fingerprint density at radius 3 is 2.23 bits per heavy atom. The van der Waals surface area contributed by atoms with Gasteiger partial charge < -0.3 is 10.2 Å². The van der Waals surface area contributed by atoms with E-state index in [1.54, 1.807) is 6.07 Å². The number of benzene rings is 2. The number of nitrogens with one attached hydrogen (secondary N) is 1. The fourth-order valence-corrected chi connectivity index (χ4v) is 3.09. The number of hydrogen-bond donors (Lipinski definition) is 1. The van der Waals surface area contributed by atoms with Crippen LogP contribution < -0.4 is 10.2 Å². The third kappa shape index (κ3) is 3.57. The van der Waals surface area contributed by atoms with Gasteiger partial charge in [0.25, 0.3) is 5.91 Å². The zero-order valence-electron chi connectivity index (χ0n) is 14.4. The van der Waals surface area contributed by atoms with Gasteiger partial charge in [-0.2, -0.15) is 0 Å². The Kier molecular flexibility index (Phi) is 4.60. The monoisotopic (exact) mass is 344 g/mol. The lowest BCUT2D eigenvalue weighted by atomic mass is 10.2. The second-order valence-electron chi connectivity index (χ2n) is 6.32. The zero-order valence-corrected chi connectivity index (χ0v) is 14.4. The SMILES string of the molecule is O=C(Nc1ccccc1)c1cc(N2CCCC2)nc(-c2ccccc2)n1. The average molecular weight is 344 g/mol. The van der Waals surface area contributed by atoms with Crippen LogP contribution in [0.3, 0.4) is 0 Å². The highest BCUT2D eigenvalue weighted by atomic mass is 16.1. The topological polar surface area (TPSA) is 58.1 Å². The Morgan fingerprint density at radius 2 is 1.54 bits per heavy atom. The number of carbonyl (C=O) groups excluding carboxylic acids is 1. The third-order valence-electron chi connectivity index (χ3n) is 4.44. The van der Waals surface area contributed by atoms with E-state index in [1.165, 1.54) is 0 Å². The summed E-state index contributed by atoms with van der Waals surface area (Å²) in [6.07, 6.45) is 2.30. The molecule has 0 unspecified atom stereocenters. The Hall–Kier alpha value is -3.21. The molecule has 1 N–H and O–H groups in total. The smallest absolute Gasteiger partial charge is 0.274 e. The predicted octanol–water partition coefficient (Wildman–Crippen LogP) is 4.00. The number of anilines is 2. The maximum atomic E-state index is 12.7. The molecule has 1 amide bonds. The highest BCUT2D eigenvalue weighted by Crippen LogP contribution is 2.23. The molecule has 2 aromatic carbocycles. The minimum Gasteiger partial charge on any atom is -0.356 e. The molecule has 0 atom stereocenters. The minimum absolute atomic E-state index is 0.226. The molecule has 1 aliphatic rings. The van der Waals surface area contributed by atoms with E-state index < -0.39 is 0 Å². The van der Waals surface area contributed by atoms with Crippen molar-refractivity contribution in [3.8, 4) is 11.4 Å². The average Bonchev–Trinajstić information content (AvgIpc) is 3.24. The number of aromatic nitrogens is 2. The molecule has 26 heavy (non-hydrogen) atoms. The van der Waals surface area contributed by atoms with Crippen molar-refractivity contribution in [2.45, 2.75) is 12.8 Å². The van der Waals surface area contributed by atoms with Crippen LogP contribution in [0, 0.1) is 0 Å². The first-order chi connectivity index (χ1) is 12.8. The maximum absolute atomic E-state index is 12.7. The van der Waals surface area contributed by atoms with Crippen molar-refractivity contribution in [3.05, 3.63) is 72.4 Å². The van der Waals surface area contributed by atoms with Crippen molar-refractivity contribution < 1.29 is 4.79 Å². The first-order valence-corrected chi connectivity index (χ1v) is 8.85. The second kappa shape index (κ2) is 7.35. The molecule has 0 saturated carbocycles. The molecule has 1 aliphatic heterocycles. The van der Waals surface area contributed by atoms with Gasteiger partial charge in [-0.25, -0.2) is 9.97 Å². The van der Waals surface area contributed by atoms with Crippen LogP contribution in [-0.4, -0.2) is 29.0 Å². The number of nitrogens with zero attached hydrogens (tertiary/aromatic N) is 3. The van der Waals surface area contributed by atoms with Gasteiger partial charge in [-0.3, -0.25) is 4.79 Å². The molecule has 0 spiro atoms. The number of amides is 1. The van der Waals surface area contributed by atoms with Gasteiger partial charge in [0, 0.05) is 30.4 Å². The van der Waals surface area contributed by atoms with Crippen molar-refractivity contribution in [1.82, 2.24) is 9.97 Å². The Morgan fingerprint density at radius 1 is 0.885 bits per heavy atom. The Labute approximate surface area is 152 Å². The van der Waals surface area contributed by atoms with E-state index >= 15 is 0 Å². The number of para-hydroxylation sites is 1. The van der Waals surface area contributed by atoms with Crippen molar-refractivity contribution >= 4 is 17.4 Å².